The summed E-state index contributed by atoms with van der Waals surface area (Å²) in [7, 11) is 0. The molecule has 0 aliphatic heterocycles. The maximum Gasteiger partial charge on any atom is 0.338 e. The molecule has 0 fully saturated rings. The van der Waals surface area contributed by atoms with Crippen LogP contribution in [0.5, 0.6) is 0 Å². The number of ketones is 4. The van der Waals surface area contributed by atoms with Crippen molar-refractivity contribution in [2.45, 2.75) is 25.0 Å². The van der Waals surface area contributed by atoms with Gasteiger partial charge >= 0.3 is 11.9 Å². The predicted octanol–water partition coefficient (Wildman–Crippen LogP) is 9.88. The van der Waals surface area contributed by atoms with Gasteiger partial charge in [-0.25, -0.2) is 9.59 Å². The van der Waals surface area contributed by atoms with Gasteiger partial charge in [-0.1, -0.05) is 121 Å². The highest BCUT2D eigenvalue weighted by Gasteiger charge is 2.42. The number of thiophene rings is 2. The molecular weight excluding hydrogens is 793 g/mol. The van der Waals surface area contributed by atoms with Crippen LogP contribution in [0.3, 0.4) is 0 Å². The molecule has 6 aromatic rings. The maximum atomic E-state index is 14.2. The lowest BCUT2D eigenvalue weighted by Crippen LogP contribution is -2.22. The van der Waals surface area contributed by atoms with Gasteiger partial charge in [0.1, 0.15) is 13.2 Å². The van der Waals surface area contributed by atoms with Crippen molar-refractivity contribution in [3.05, 3.63) is 209 Å². The Morgan fingerprint density at radius 2 is 0.800 bits per heavy atom. The normalized spacial score (nSPS) is 17.2. The second-order valence-corrected chi connectivity index (χ2v) is 16.9. The second-order valence-electron chi connectivity index (χ2n) is 14.7. The summed E-state index contributed by atoms with van der Waals surface area (Å²) in [6.07, 6.45) is 6.85. The molecule has 0 N–H and O–H groups in total. The van der Waals surface area contributed by atoms with Crippen molar-refractivity contribution < 1.29 is 38.2 Å². The minimum Gasteiger partial charge on any atom is -0.457 e. The smallest absolute Gasteiger partial charge is 0.338 e. The van der Waals surface area contributed by atoms with Gasteiger partial charge in [-0.15, -0.1) is 22.7 Å². The zero-order valence-corrected chi connectivity index (χ0v) is 33.1. The molecule has 4 aliphatic carbocycles. The number of ether oxygens (including phenoxy) is 2. The number of esters is 2. The quantitative estimate of drug-likeness (QED) is 0.0846. The average molecular weight is 823 g/mol. The van der Waals surface area contributed by atoms with Crippen molar-refractivity contribution in [3.8, 4) is 0 Å². The molecule has 0 saturated heterocycles. The molecule has 2 heterocycles. The third-order valence-electron chi connectivity index (χ3n) is 11.1. The third-order valence-corrected chi connectivity index (χ3v) is 13.4. The summed E-state index contributed by atoms with van der Waals surface area (Å²) in [6.45, 7) is 0.0684. The molecule has 290 valence electrons. The van der Waals surface area contributed by atoms with Crippen molar-refractivity contribution in [1.82, 2.24) is 0 Å². The van der Waals surface area contributed by atoms with Crippen LogP contribution in [0.2, 0.25) is 0 Å². The first-order valence-electron chi connectivity index (χ1n) is 19.2. The molecule has 4 aliphatic rings. The van der Waals surface area contributed by atoms with E-state index in [9.17, 15) is 28.8 Å². The highest BCUT2D eigenvalue weighted by atomic mass is 32.1. The monoisotopic (exact) mass is 822 g/mol. The number of rotatable bonds is 8. The Bertz CT molecular complexity index is 2720. The van der Waals surface area contributed by atoms with Gasteiger partial charge in [0, 0.05) is 64.7 Å². The number of fused-ring (bicyclic) bond motifs is 7. The predicted molar refractivity (Wildman–Crippen MR) is 229 cm³/mol. The van der Waals surface area contributed by atoms with Crippen LogP contribution in [0.25, 0.3) is 23.3 Å². The van der Waals surface area contributed by atoms with Crippen LogP contribution < -0.4 is 0 Å². The Kier molecular flexibility index (Phi) is 9.23. The first kappa shape index (κ1) is 37.2. The molecule has 0 radical (unpaired) electrons. The summed E-state index contributed by atoms with van der Waals surface area (Å²) < 4.78 is 11.8. The van der Waals surface area contributed by atoms with Gasteiger partial charge in [-0.05, 0) is 35.4 Å². The van der Waals surface area contributed by atoms with Crippen LogP contribution in [-0.4, -0.2) is 35.1 Å². The van der Waals surface area contributed by atoms with E-state index in [1.165, 1.54) is 22.7 Å². The van der Waals surface area contributed by atoms with E-state index in [0.717, 1.165) is 20.9 Å². The number of hydrogen-bond acceptors (Lipinski definition) is 10. The Labute approximate surface area is 351 Å². The third kappa shape index (κ3) is 6.37. The number of allylic oxidation sites excluding steroid dienone is 4. The minimum absolute atomic E-state index is 0.0317. The fourth-order valence-electron chi connectivity index (χ4n) is 8.18. The molecule has 2 atom stereocenters. The van der Waals surface area contributed by atoms with Gasteiger partial charge in [-0.2, -0.15) is 0 Å². The van der Waals surface area contributed by atoms with E-state index < -0.39 is 23.8 Å². The molecular formula is C50H30O8S2. The van der Waals surface area contributed by atoms with E-state index >= 15 is 0 Å². The fraction of sp³-hybridized carbons (Fsp3) is 0.0800. The van der Waals surface area contributed by atoms with E-state index in [1.807, 2.05) is 72.8 Å². The molecule has 4 aromatic carbocycles. The molecule has 8 nitrogen and oxygen atoms in total. The van der Waals surface area contributed by atoms with Crippen molar-refractivity contribution in [3.63, 3.8) is 0 Å². The van der Waals surface area contributed by atoms with E-state index in [0.29, 0.717) is 54.3 Å². The summed E-state index contributed by atoms with van der Waals surface area (Å²) in [4.78, 5) is 84.7. The Hall–Kier alpha value is -7.14. The standard InChI is InChI=1S/C50H30O8S2/c51-43-31-15-7-8-16-32(31)44(52)41(43)21-29-19-35-39(49(55)57-25-27-11-3-1-4-12-27)23-37-38(47(35)59-29)24-40(50(56)58-26-28-13-5-2-6-14-28)36-20-30(60-48(36)37)22-42-45(53)33-17-9-10-18-34(33)46(42)54/h1-24,37-38H,25-26H2. The molecule has 0 saturated carbocycles. The molecule has 0 spiro atoms. The van der Waals surface area contributed by atoms with Crippen LogP contribution in [0.1, 0.15) is 95.0 Å². The molecule has 0 bridgehead atoms. The van der Waals surface area contributed by atoms with Gasteiger partial charge in [-0.3, -0.25) is 19.2 Å². The van der Waals surface area contributed by atoms with Crippen LogP contribution in [0.4, 0.5) is 0 Å². The van der Waals surface area contributed by atoms with Gasteiger partial charge in [0.25, 0.3) is 0 Å². The van der Waals surface area contributed by atoms with Crippen LogP contribution >= 0.6 is 22.7 Å². The Balaban J connectivity index is 1.09. The largest absolute Gasteiger partial charge is 0.457 e. The SMILES string of the molecule is O=C(OCc1ccccc1)C1=CC2c3sc(C=C4C(=O)c5ccccc5C4=O)cc3C(C(=O)OCc3ccccc3)=CC2c2sc(C=C3C(=O)c4ccccc4C3=O)cc21. The van der Waals surface area contributed by atoms with Crippen LogP contribution in [0, 0.1) is 0 Å². The van der Waals surface area contributed by atoms with Gasteiger partial charge in [0.05, 0.1) is 22.3 Å². The van der Waals surface area contributed by atoms with Crippen molar-refractivity contribution in [2.75, 3.05) is 0 Å². The summed E-state index contributed by atoms with van der Waals surface area (Å²) in [5.41, 5.74) is 4.79. The molecule has 2 unspecified atom stereocenters. The maximum absolute atomic E-state index is 14.2. The van der Waals surface area contributed by atoms with Crippen molar-refractivity contribution in [1.29, 1.82) is 0 Å². The number of hydrogen-bond donors (Lipinski definition) is 0. The lowest BCUT2D eigenvalue weighted by Gasteiger charge is -2.32. The zero-order valence-electron chi connectivity index (χ0n) is 31.5. The van der Waals surface area contributed by atoms with Crippen molar-refractivity contribution >= 4 is 81.0 Å². The van der Waals surface area contributed by atoms with Gasteiger partial charge in [0.15, 0.2) is 23.1 Å². The van der Waals surface area contributed by atoms with E-state index in [4.69, 9.17) is 9.47 Å². The highest BCUT2D eigenvalue weighted by Crippen LogP contribution is 2.55. The lowest BCUT2D eigenvalue weighted by atomic mass is 9.74. The molecule has 10 heteroatoms. The number of benzene rings is 4. The highest BCUT2D eigenvalue weighted by molar-refractivity contribution is 7.14. The minimum atomic E-state index is -0.562. The first-order valence-corrected chi connectivity index (χ1v) is 20.8. The number of carbonyl (C=O) groups excluding carboxylic acids is 6. The fourth-order valence-corrected chi connectivity index (χ4v) is 10.7. The Morgan fingerprint density at radius 1 is 0.467 bits per heavy atom. The summed E-state index contributed by atoms with van der Waals surface area (Å²) in [5, 5.41) is 0. The number of carbonyl (C=O) groups is 6. The zero-order chi connectivity index (χ0) is 41.1. The number of Topliss-reactive ketones (excluding diaryl/α,β-unsaturated/α-hetero) is 4. The second kappa shape index (κ2) is 14.9. The van der Waals surface area contributed by atoms with Crippen molar-refractivity contribution in [2.24, 2.45) is 0 Å². The van der Waals surface area contributed by atoms with E-state index in [-0.39, 0.29) is 47.5 Å². The lowest BCUT2D eigenvalue weighted by molar-refractivity contribution is -0.138. The topological polar surface area (TPSA) is 121 Å². The van der Waals surface area contributed by atoms with Gasteiger partial charge in [0.2, 0.25) is 0 Å². The molecule has 0 amide bonds. The van der Waals surface area contributed by atoms with Gasteiger partial charge < -0.3 is 9.47 Å². The molecule has 2 aromatic heterocycles. The summed E-state index contributed by atoms with van der Waals surface area (Å²) in [5.74, 6) is -3.55. The molecule has 60 heavy (non-hydrogen) atoms. The van der Waals surface area contributed by atoms with E-state index in [1.54, 1.807) is 72.8 Å². The summed E-state index contributed by atoms with van der Waals surface area (Å²) in [6, 6.07) is 35.7. The molecule has 10 rings (SSSR count). The van der Waals surface area contributed by atoms with E-state index in [2.05, 4.69) is 0 Å². The van der Waals surface area contributed by atoms with Crippen LogP contribution in [0.15, 0.2) is 145 Å². The van der Waals surface area contributed by atoms with Crippen LogP contribution in [-0.2, 0) is 32.3 Å². The summed E-state index contributed by atoms with van der Waals surface area (Å²) >= 11 is 2.66. The average Bonchev–Trinajstić information content (AvgIpc) is 4.03. The Morgan fingerprint density at radius 3 is 1.15 bits per heavy atom. The first-order chi connectivity index (χ1) is 29.2.